The van der Waals surface area contributed by atoms with E-state index in [1.165, 1.54) is 12.1 Å². The Kier molecular flexibility index (Phi) is 4.82. The highest BCUT2D eigenvalue weighted by molar-refractivity contribution is 7.98. The molecule has 0 bridgehead atoms. The molecule has 100 valence electrons. The fourth-order valence-electron chi connectivity index (χ4n) is 1.80. The molecule has 0 amide bonds. The first-order chi connectivity index (χ1) is 9.20. The van der Waals surface area contributed by atoms with E-state index in [1.807, 2.05) is 30.5 Å². The average molecular weight is 277 g/mol. The predicted molar refractivity (Wildman–Crippen MR) is 78.1 cm³/mol. The van der Waals surface area contributed by atoms with Crippen LogP contribution in [0, 0.1) is 5.82 Å². The summed E-state index contributed by atoms with van der Waals surface area (Å²) in [6.07, 6.45) is 1.35. The van der Waals surface area contributed by atoms with Gasteiger partial charge in [0.2, 0.25) is 0 Å². The van der Waals surface area contributed by atoms with Crippen molar-refractivity contribution in [2.24, 2.45) is 0 Å². The standard InChI is InChI=1S/C15H16FNOS/c1-19-15-5-3-2-4-13(15)17-10-14(18)11-6-8-12(16)9-7-11/h2-9,14,17-18H,10H2,1H3. The molecule has 0 radical (unpaired) electrons. The van der Waals surface area contributed by atoms with Crippen LogP contribution in [0.5, 0.6) is 0 Å². The van der Waals surface area contributed by atoms with Crippen LogP contribution < -0.4 is 5.32 Å². The van der Waals surface area contributed by atoms with E-state index >= 15 is 0 Å². The van der Waals surface area contributed by atoms with E-state index in [9.17, 15) is 9.50 Å². The van der Waals surface area contributed by atoms with Gasteiger partial charge in [-0.25, -0.2) is 4.39 Å². The summed E-state index contributed by atoms with van der Waals surface area (Å²) in [6, 6.07) is 13.8. The van der Waals surface area contributed by atoms with Crippen molar-refractivity contribution in [1.29, 1.82) is 0 Å². The van der Waals surface area contributed by atoms with Gasteiger partial charge in [-0.3, -0.25) is 0 Å². The third-order valence-corrected chi connectivity index (χ3v) is 3.64. The van der Waals surface area contributed by atoms with Crippen molar-refractivity contribution in [2.75, 3.05) is 18.1 Å². The average Bonchev–Trinajstić information content (AvgIpc) is 2.45. The van der Waals surface area contributed by atoms with Crippen LogP contribution in [0.4, 0.5) is 10.1 Å². The zero-order valence-electron chi connectivity index (χ0n) is 10.6. The van der Waals surface area contributed by atoms with Crippen LogP contribution in [0.25, 0.3) is 0 Å². The minimum atomic E-state index is -0.657. The highest BCUT2D eigenvalue weighted by Gasteiger charge is 2.08. The molecule has 0 heterocycles. The fourth-order valence-corrected chi connectivity index (χ4v) is 2.37. The minimum Gasteiger partial charge on any atom is -0.387 e. The Labute approximate surface area is 116 Å². The molecule has 0 saturated carbocycles. The summed E-state index contributed by atoms with van der Waals surface area (Å²) in [5.41, 5.74) is 1.70. The van der Waals surface area contributed by atoms with Crippen molar-refractivity contribution in [3.63, 3.8) is 0 Å². The second-order valence-corrected chi connectivity index (χ2v) is 5.00. The van der Waals surface area contributed by atoms with Gasteiger partial charge in [0.1, 0.15) is 5.82 Å². The Morgan fingerprint density at radius 3 is 2.53 bits per heavy atom. The lowest BCUT2D eigenvalue weighted by Crippen LogP contribution is -2.12. The van der Waals surface area contributed by atoms with Gasteiger partial charge in [-0.15, -0.1) is 11.8 Å². The molecule has 1 atom stereocenters. The van der Waals surface area contributed by atoms with Crippen molar-refractivity contribution >= 4 is 17.4 Å². The molecule has 2 aromatic carbocycles. The van der Waals surface area contributed by atoms with Crippen LogP contribution in [0.2, 0.25) is 0 Å². The summed E-state index contributed by atoms with van der Waals surface area (Å²) in [5, 5.41) is 13.3. The van der Waals surface area contributed by atoms with Crippen LogP contribution in [0.1, 0.15) is 11.7 Å². The molecule has 0 fully saturated rings. The van der Waals surface area contributed by atoms with Gasteiger partial charge in [0.05, 0.1) is 6.10 Å². The van der Waals surface area contributed by atoms with Crippen LogP contribution in [-0.2, 0) is 0 Å². The van der Waals surface area contributed by atoms with Crippen LogP contribution in [-0.4, -0.2) is 17.9 Å². The maximum absolute atomic E-state index is 12.8. The number of aliphatic hydroxyl groups excluding tert-OH is 1. The summed E-state index contributed by atoms with van der Waals surface area (Å²) >= 11 is 1.65. The number of aliphatic hydroxyl groups is 1. The highest BCUT2D eigenvalue weighted by atomic mass is 32.2. The lowest BCUT2D eigenvalue weighted by molar-refractivity contribution is 0.191. The van der Waals surface area contributed by atoms with Crippen molar-refractivity contribution in [3.05, 3.63) is 59.9 Å². The molecule has 4 heteroatoms. The van der Waals surface area contributed by atoms with E-state index < -0.39 is 6.10 Å². The summed E-state index contributed by atoms with van der Waals surface area (Å²) in [4.78, 5) is 1.13. The number of rotatable bonds is 5. The molecule has 2 rings (SSSR count). The van der Waals surface area contributed by atoms with Gasteiger partial charge in [0.15, 0.2) is 0 Å². The number of hydrogen-bond acceptors (Lipinski definition) is 3. The monoisotopic (exact) mass is 277 g/mol. The number of benzene rings is 2. The lowest BCUT2D eigenvalue weighted by Gasteiger charge is -2.15. The molecular weight excluding hydrogens is 261 g/mol. The van der Waals surface area contributed by atoms with Crippen molar-refractivity contribution in [3.8, 4) is 0 Å². The first kappa shape index (κ1) is 13.9. The number of para-hydroxylation sites is 1. The lowest BCUT2D eigenvalue weighted by atomic mass is 10.1. The van der Waals surface area contributed by atoms with Gasteiger partial charge in [-0.1, -0.05) is 24.3 Å². The minimum absolute atomic E-state index is 0.295. The van der Waals surface area contributed by atoms with Gasteiger partial charge >= 0.3 is 0 Å². The van der Waals surface area contributed by atoms with Crippen LogP contribution >= 0.6 is 11.8 Å². The SMILES string of the molecule is CSc1ccccc1NCC(O)c1ccc(F)cc1. The molecule has 2 aromatic rings. The maximum Gasteiger partial charge on any atom is 0.123 e. The molecule has 19 heavy (non-hydrogen) atoms. The van der Waals surface area contributed by atoms with E-state index in [2.05, 4.69) is 5.32 Å². The number of thioether (sulfide) groups is 1. The smallest absolute Gasteiger partial charge is 0.123 e. The predicted octanol–water partition coefficient (Wildman–Crippen LogP) is 3.69. The maximum atomic E-state index is 12.8. The Hall–Kier alpha value is -1.52. The second kappa shape index (κ2) is 6.59. The quantitative estimate of drug-likeness (QED) is 0.817. The molecule has 0 aromatic heterocycles. The largest absolute Gasteiger partial charge is 0.387 e. The van der Waals surface area contributed by atoms with Gasteiger partial charge < -0.3 is 10.4 Å². The topological polar surface area (TPSA) is 32.3 Å². The van der Waals surface area contributed by atoms with Crippen LogP contribution in [0.3, 0.4) is 0 Å². The van der Waals surface area contributed by atoms with Gasteiger partial charge in [-0.2, -0.15) is 0 Å². The number of hydrogen-bond donors (Lipinski definition) is 2. The number of anilines is 1. The highest BCUT2D eigenvalue weighted by Crippen LogP contribution is 2.25. The number of nitrogens with one attached hydrogen (secondary N) is 1. The summed E-state index contributed by atoms with van der Waals surface area (Å²) in [5.74, 6) is -0.295. The van der Waals surface area contributed by atoms with Gasteiger partial charge in [-0.05, 0) is 36.1 Å². The Morgan fingerprint density at radius 2 is 1.84 bits per heavy atom. The molecule has 1 unspecified atom stereocenters. The zero-order valence-corrected chi connectivity index (χ0v) is 11.5. The van der Waals surface area contributed by atoms with Gasteiger partial charge in [0.25, 0.3) is 0 Å². The fraction of sp³-hybridized carbons (Fsp3) is 0.200. The summed E-state index contributed by atoms with van der Waals surface area (Å²) in [6.45, 7) is 0.392. The number of halogens is 1. The van der Waals surface area contributed by atoms with E-state index in [0.717, 1.165) is 10.6 Å². The van der Waals surface area contributed by atoms with Crippen molar-refractivity contribution in [2.45, 2.75) is 11.0 Å². The second-order valence-electron chi connectivity index (χ2n) is 4.15. The first-order valence-electron chi connectivity index (χ1n) is 6.01. The third kappa shape index (κ3) is 3.72. The molecule has 0 spiro atoms. The Morgan fingerprint density at radius 1 is 1.16 bits per heavy atom. The molecule has 0 aliphatic rings. The van der Waals surface area contributed by atoms with E-state index in [4.69, 9.17) is 0 Å². The molecule has 0 aliphatic carbocycles. The van der Waals surface area contributed by atoms with E-state index in [0.29, 0.717) is 12.1 Å². The molecule has 0 saturated heterocycles. The normalized spacial score (nSPS) is 12.2. The molecule has 2 nitrogen and oxygen atoms in total. The zero-order chi connectivity index (χ0) is 13.7. The van der Waals surface area contributed by atoms with Crippen molar-refractivity contribution < 1.29 is 9.50 Å². The Balaban J connectivity index is 2.00. The summed E-state index contributed by atoms with van der Waals surface area (Å²) < 4.78 is 12.8. The molecular formula is C15H16FNOS. The van der Waals surface area contributed by atoms with Crippen LogP contribution in [0.15, 0.2) is 53.4 Å². The first-order valence-corrected chi connectivity index (χ1v) is 7.23. The van der Waals surface area contributed by atoms with E-state index in [1.54, 1.807) is 23.9 Å². The Bertz CT molecular complexity index is 530. The molecule has 2 N–H and O–H groups in total. The molecule has 0 aliphatic heterocycles. The third-order valence-electron chi connectivity index (χ3n) is 2.85. The summed E-state index contributed by atoms with van der Waals surface area (Å²) in [7, 11) is 0. The van der Waals surface area contributed by atoms with E-state index in [-0.39, 0.29) is 5.82 Å². The van der Waals surface area contributed by atoms with Crippen molar-refractivity contribution in [1.82, 2.24) is 0 Å². The van der Waals surface area contributed by atoms with Gasteiger partial charge in [0, 0.05) is 17.1 Å².